The average Bonchev–Trinajstić information content (AvgIpc) is 2.29. The van der Waals surface area contributed by atoms with E-state index in [9.17, 15) is 4.79 Å². The molecule has 0 bridgehead atoms. The fraction of sp³-hybridized carbons (Fsp3) is 0.500. The molecule has 0 aliphatic rings. The third-order valence-corrected chi connectivity index (χ3v) is 3.26. The van der Waals surface area contributed by atoms with Crippen molar-refractivity contribution in [1.82, 2.24) is 0 Å². The minimum atomic E-state index is -0.0143. The van der Waals surface area contributed by atoms with Crippen LogP contribution >= 0.6 is 11.6 Å². The topological polar surface area (TPSA) is 29.5 Å². The Morgan fingerprint density at radius 2 is 2.17 bits per heavy atom. The molecular formula is C14H20ClNO2. The van der Waals surface area contributed by atoms with Crippen LogP contribution in [-0.2, 0) is 4.74 Å². The van der Waals surface area contributed by atoms with Crippen LogP contribution < -0.4 is 4.90 Å². The van der Waals surface area contributed by atoms with Crippen molar-refractivity contribution in [2.24, 2.45) is 0 Å². The average molecular weight is 270 g/mol. The molecule has 4 heteroatoms. The highest BCUT2D eigenvalue weighted by molar-refractivity contribution is 6.34. The van der Waals surface area contributed by atoms with Gasteiger partial charge < -0.3 is 9.64 Å². The van der Waals surface area contributed by atoms with Crippen molar-refractivity contribution >= 4 is 23.1 Å². The number of likely N-dealkylation sites (N-methyl/N-ethyl adjacent to an activating group) is 1. The molecule has 0 fully saturated rings. The number of hydrogen-bond acceptors (Lipinski definition) is 3. The molecule has 18 heavy (non-hydrogen) atoms. The van der Waals surface area contributed by atoms with Crippen LogP contribution in [0.5, 0.6) is 0 Å². The van der Waals surface area contributed by atoms with Crippen molar-refractivity contribution in [3.8, 4) is 0 Å². The van der Waals surface area contributed by atoms with Gasteiger partial charge in [-0.2, -0.15) is 0 Å². The fourth-order valence-corrected chi connectivity index (χ4v) is 2.36. The normalized spacial score (nSPS) is 12.3. The number of nitrogens with zero attached hydrogens (tertiary/aromatic N) is 1. The zero-order valence-electron chi connectivity index (χ0n) is 11.4. The second-order valence-corrected chi connectivity index (χ2v) is 4.72. The lowest BCUT2D eigenvalue weighted by Gasteiger charge is -2.30. The van der Waals surface area contributed by atoms with Gasteiger partial charge in [-0.25, -0.2) is 0 Å². The lowest BCUT2D eigenvalue weighted by molar-refractivity contribution is 0.101. The Morgan fingerprint density at radius 3 is 2.61 bits per heavy atom. The minimum absolute atomic E-state index is 0.0143. The number of carbonyl (C=O) groups excluding carboxylic acids is 1. The first-order valence-electron chi connectivity index (χ1n) is 6.07. The highest BCUT2D eigenvalue weighted by Crippen LogP contribution is 2.25. The number of hydrogen-bond donors (Lipinski definition) is 0. The Balaban J connectivity index is 3.01. The van der Waals surface area contributed by atoms with Gasteiger partial charge in [0.1, 0.15) is 0 Å². The van der Waals surface area contributed by atoms with Gasteiger partial charge >= 0.3 is 0 Å². The zero-order valence-corrected chi connectivity index (χ0v) is 12.1. The molecule has 0 saturated carbocycles. The monoisotopic (exact) mass is 269 g/mol. The molecular weight excluding hydrogens is 250 g/mol. The Hall–Kier alpha value is -1.06. The summed E-state index contributed by atoms with van der Waals surface area (Å²) in [6.45, 7) is 7.21. The summed E-state index contributed by atoms with van der Waals surface area (Å²) in [4.78, 5) is 13.5. The molecule has 3 nitrogen and oxygen atoms in total. The zero-order chi connectivity index (χ0) is 13.7. The summed E-state index contributed by atoms with van der Waals surface area (Å²) in [6.07, 6.45) is 0. The Bertz CT molecular complexity index is 420. The lowest BCUT2D eigenvalue weighted by Crippen LogP contribution is -2.36. The molecule has 0 aliphatic carbocycles. The van der Waals surface area contributed by atoms with Crippen LogP contribution in [0.25, 0.3) is 0 Å². The molecule has 1 aromatic carbocycles. The van der Waals surface area contributed by atoms with E-state index in [1.165, 1.54) is 6.92 Å². The highest BCUT2D eigenvalue weighted by atomic mass is 35.5. The molecule has 1 atom stereocenters. The molecule has 0 amide bonds. The summed E-state index contributed by atoms with van der Waals surface area (Å²) in [5, 5.41) is 0.503. The second kappa shape index (κ2) is 6.76. The number of rotatable bonds is 6. The maximum absolute atomic E-state index is 11.3. The van der Waals surface area contributed by atoms with Gasteiger partial charge in [0.15, 0.2) is 5.78 Å². The number of benzene rings is 1. The van der Waals surface area contributed by atoms with E-state index in [2.05, 4.69) is 18.7 Å². The van der Waals surface area contributed by atoms with Crippen molar-refractivity contribution in [2.45, 2.75) is 26.8 Å². The molecule has 0 spiro atoms. The Morgan fingerprint density at radius 1 is 1.50 bits per heavy atom. The molecule has 1 unspecified atom stereocenters. The maximum Gasteiger partial charge on any atom is 0.161 e. The molecule has 0 saturated heterocycles. The van der Waals surface area contributed by atoms with Crippen LogP contribution in [0.3, 0.4) is 0 Å². The standard InChI is InChI=1S/C14H20ClNO2/c1-5-16(10(2)9-18-4)12-6-7-13(11(3)17)14(15)8-12/h6-8,10H,5,9H2,1-4H3. The van der Waals surface area contributed by atoms with Crippen molar-refractivity contribution in [1.29, 1.82) is 0 Å². The summed E-state index contributed by atoms with van der Waals surface area (Å²) in [5.74, 6) is -0.0143. The van der Waals surface area contributed by atoms with Crippen LogP contribution in [0.15, 0.2) is 18.2 Å². The van der Waals surface area contributed by atoms with E-state index in [-0.39, 0.29) is 11.8 Å². The van der Waals surface area contributed by atoms with Gasteiger partial charge in [0.2, 0.25) is 0 Å². The summed E-state index contributed by atoms with van der Waals surface area (Å²) in [5.41, 5.74) is 1.58. The number of anilines is 1. The first-order valence-corrected chi connectivity index (χ1v) is 6.45. The summed E-state index contributed by atoms with van der Waals surface area (Å²) >= 11 is 6.13. The summed E-state index contributed by atoms with van der Waals surface area (Å²) in [6, 6.07) is 5.81. The van der Waals surface area contributed by atoms with Crippen molar-refractivity contribution in [2.75, 3.05) is 25.2 Å². The maximum atomic E-state index is 11.3. The van der Waals surface area contributed by atoms with Crippen LogP contribution in [0, 0.1) is 0 Å². The quantitative estimate of drug-likeness (QED) is 0.742. The number of methoxy groups -OCH3 is 1. The van der Waals surface area contributed by atoms with Gasteiger partial charge in [0, 0.05) is 30.9 Å². The van der Waals surface area contributed by atoms with Crippen molar-refractivity contribution < 1.29 is 9.53 Å². The smallest absolute Gasteiger partial charge is 0.161 e. The predicted octanol–water partition coefficient (Wildman–Crippen LogP) is 3.40. The molecule has 1 aromatic rings. The van der Waals surface area contributed by atoms with Crippen molar-refractivity contribution in [3.63, 3.8) is 0 Å². The summed E-state index contributed by atoms with van der Waals surface area (Å²) < 4.78 is 5.17. The van der Waals surface area contributed by atoms with E-state index in [1.807, 2.05) is 12.1 Å². The van der Waals surface area contributed by atoms with E-state index in [0.717, 1.165) is 12.2 Å². The SMILES string of the molecule is CCN(c1ccc(C(C)=O)c(Cl)c1)C(C)COC. The largest absolute Gasteiger partial charge is 0.383 e. The van der Waals surface area contributed by atoms with E-state index < -0.39 is 0 Å². The number of ketones is 1. The highest BCUT2D eigenvalue weighted by Gasteiger charge is 2.14. The van der Waals surface area contributed by atoms with E-state index in [4.69, 9.17) is 16.3 Å². The van der Waals surface area contributed by atoms with Crippen molar-refractivity contribution in [3.05, 3.63) is 28.8 Å². The van der Waals surface area contributed by atoms with E-state index >= 15 is 0 Å². The van der Waals surface area contributed by atoms with Crippen LogP contribution in [-0.4, -0.2) is 32.1 Å². The van der Waals surface area contributed by atoms with Gasteiger partial charge in [0.25, 0.3) is 0 Å². The minimum Gasteiger partial charge on any atom is -0.383 e. The number of ether oxygens (including phenoxy) is 1. The predicted molar refractivity (Wildman–Crippen MR) is 75.8 cm³/mol. The Labute approximate surface area is 114 Å². The van der Waals surface area contributed by atoms with E-state index in [0.29, 0.717) is 17.2 Å². The second-order valence-electron chi connectivity index (χ2n) is 4.31. The molecule has 0 aliphatic heterocycles. The van der Waals surface area contributed by atoms with Gasteiger partial charge in [-0.05, 0) is 39.0 Å². The number of halogens is 1. The fourth-order valence-electron chi connectivity index (χ4n) is 2.05. The Kier molecular flexibility index (Phi) is 5.63. The first-order chi connectivity index (χ1) is 8.51. The van der Waals surface area contributed by atoms with Gasteiger partial charge in [-0.15, -0.1) is 0 Å². The third kappa shape index (κ3) is 3.47. The molecule has 0 N–H and O–H groups in total. The van der Waals surface area contributed by atoms with Gasteiger partial charge in [-0.3, -0.25) is 4.79 Å². The molecule has 100 valence electrons. The van der Waals surface area contributed by atoms with Crippen LogP contribution in [0.2, 0.25) is 5.02 Å². The third-order valence-electron chi connectivity index (χ3n) is 2.94. The lowest BCUT2D eigenvalue weighted by atomic mass is 10.1. The molecule has 0 radical (unpaired) electrons. The van der Waals surface area contributed by atoms with E-state index in [1.54, 1.807) is 13.2 Å². The van der Waals surface area contributed by atoms with Crippen LogP contribution in [0.4, 0.5) is 5.69 Å². The molecule has 0 heterocycles. The van der Waals surface area contributed by atoms with Gasteiger partial charge in [0.05, 0.1) is 11.6 Å². The molecule has 0 aromatic heterocycles. The van der Waals surface area contributed by atoms with Gasteiger partial charge in [-0.1, -0.05) is 11.6 Å². The number of carbonyl (C=O) groups is 1. The van der Waals surface area contributed by atoms with Crippen LogP contribution in [0.1, 0.15) is 31.1 Å². The molecule has 1 rings (SSSR count). The number of Topliss-reactive ketones (excluding diaryl/α,β-unsaturated/α-hetero) is 1. The summed E-state index contributed by atoms with van der Waals surface area (Å²) in [7, 11) is 1.69. The first kappa shape index (κ1) is 15.0.